The highest BCUT2D eigenvalue weighted by Crippen LogP contribution is 2.29. The van der Waals surface area contributed by atoms with Gasteiger partial charge in [0.1, 0.15) is 11.5 Å². The number of nitrogens with two attached hydrogens (primary N) is 2. The van der Waals surface area contributed by atoms with Crippen LogP contribution in [0.15, 0.2) is 90.2 Å². The number of nitrogens with zero attached hydrogens (tertiary/aromatic N) is 2. The number of H-pyrrole nitrogens is 1. The van der Waals surface area contributed by atoms with E-state index < -0.39 is 21.8 Å². The van der Waals surface area contributed by atoms with Gasteiger partial charge in [-0.15, -0.1) is 0 Å². The number of halogens is 1. The second-order valence-electron chi connectivity index (χ2n) is 12.9. The number of hydrogen-bond acceptors (Lipinski definition) is 9. The number of esters is 1. The molecule has 0 atom stereocenters. The molecule has 1 aromatic heterocycles. The fourth-order valence-corrected chi connectivity index (χ4v) is 6.87. The molecule has 1 aliphatic rings. The van der Waals surface area contributed by atoms with Gasteiger partial charge in [0.05, 0.1) is 23.8 Å². The van der Waals surface area contributed by atoms with Gasteiger partial charge in [-0.3, -0.25) is 4.72 Å². The zero-order valence-corrected chi connectivity index (χ0v) is 29.4. The number of aromatic amines is 1. The SMILES string of the molecule is COCc1ccccc1-c1ccc(S(=O)(=O)N/C=C/N2CCC(CN(N)/C=C(\N)c3c(C(=O)OCC(C)C)[nH]c4ccc(F)cc34)CC2)cc1. The van der Waals surface area contributed by atoms with Crippen molar-refractivity contribution < 1.29 is 27.1 Å². The molecule has 5 rings (SSSR count). The number of fused-ring (bicyclic) bond motifs is 1. The summed E-state index contributed by atoms with van der Waals surface area (Å²) in [5, 5.41) is 1.95. The molecule has 13 heteroatoms. The summed E-state index contributed by atoms with van der Waals surface area (Å²) in [4.78, 5) is 18.2. The molecule has 2 heterocycles. The molecule has 1 saturated heterocycles. The summed E-state index contributed by atoms with van der Waals surface area (Å²) < 4.78 is 53.4. The Morgan fingerprint density at radius 1 is 1.12 bits per heavy atom. The number of hydrazine groups is 1. The van der Waals surface area contributed by atoms with Crippen LogP contribution in [0.3, 0.4) is 0 Å². The summed E-state index contributed by atoms with van der Waals surface area (Å²) >= 11 is 0. The van der Waals surface area contributed by atoms with Crippen molar-refractivity contribution >= 4 is 32.6 Å². The van der Waals surface area contributed by atoms with Gasteiger partial charge in [0.25, 0.3) is 10.0 Å². The Hall–Kier alpha value is -4.85. The van der Waals surface area contributed by atoms with Crippen LogP contribution >= 0.6 is 0 Å². The molecule has 4 aromatic rings. The Morgan fingerprint density at radius 2 is 1.84 bits per heavy atom. The third-order valence-corrected chi connectivity index (χ3v) is 9.86. The lowest BCUT2D eigenvalue weighted by Gasteiger charge is -2.32. The van der Waals surface area contributed by atoms with E-state index in [4.69, 9.17) is 21.1 Å². The standard InChI is InChI=1S/C37H45FN6O5S/c1-25(2)23-49-37(45)36-35(32-20-29(38)10-13-34(32)42-36)33(39)22-44(40)21-26-14-17-43(18-15-26)19-16-41-50(46,47)30-11-8-27(9-12-30)31-7-5-4-6-28(31)24-48-3/h4-13,16,19-20,22,25-26,41-42H,14-15,17-18,21,23-24,39-40H2,1-3H3/b19-16+,33-22-. The summed E-state index contributed by atoms with van der Waals surface area (Å²) in [6.07, 6.45) is 6.38. The smallest absolute Gasteiger partial charge is 0.355 e. The molecule has 50 heavy (non-hydrogen) atoms. The maximum absolute atomic E-state index is 14.2. The molecule has 3 aromatic carbocycles. The summed E-state index contributed by atoms with van der Waals surface area (Å²) in [5.74, 6) is 5.71. The van der Waals surface area contributed by atoms with Crippen LogP contribution in [0.25, 0.3) is 27.7 Å². The number of sulfonamides is 1. The zero-order valence-electron chi connectivity index (χ0n) is 28.6. The van der Waals surface area contributed by atoms with Crippen LogP contribution < -0.4 is 16.3 Å². The second-order valence-corrected chi connectivity index (χ2v) is 14.6. The molecule has 266 valence electrons. The summed E-state index contributed by atoms with van der Waals surface area (Å²) in [6.45, 7) is 6.48. The first-order chi connectivity index (χ1) is 23.9. The van der Waals surface area contributed by atoms with Gasteiger partial charge in [0, 0.05) is 61.8 Å². The van der Waals surface area contributed by atoms with Crippen LogP contribution in [0, 0.1) is 17.7 Å². The number of ether oxygens (including phenoxy) is 2. The molecule has 6 N–H and O–H groups in total. The number of carbonyl (C=O) groups is 1. The quantitative estimate of drug-likeness (QED) is 0.0754. The van der Waals surface area contributed by atoms with Gasteiger partial charge in [-0.1, -0.05) is 50.2 Å². The van der Waals surface area contributed by atoms with E-state index in [-0.39, 0.29) is 34.7 Å². The minimum absolute atomic E-state index is 0.141. The first kappa shape index (κ1) is 36.4. The van der Waals surface area contributed by atoms with Gasteiger partial charge in [0.15, 0.2) is 0 Å². The largest absolute Gasteiger partial charge is 0.461 e. The Labute approximate surface area is 292 Å². The molecular formula is C37H45FN6O5S. The normalized spacial score (nSPS) is 14.5. The first-order valence-corrected chi connectivity index (χ1v) is 18.0. The van der Waals surface area contributed by atoms with Crippen molar-refractivity contribution in [3.8, 4) is 11.1 Å². The van der Waals surface area contributed by atoms with Crippen LogP contribution in [0.2, 0.25) is 0 Å². The highest BCUT2D eigenvalue weighted by atomic mass is 32.2. The van der Waals surface area contributed by atoms with E-state index in [0.29, 0.717) is 42.7 Å². The maximum atomic E-state index is 14.2. The second kappa shape index (κ2) is 16.2. The van der Waals surface area contributed by atoms with Crippen LogP contribution in [-0.4, -0.2) is 62.6 Å². The molecule has 1 fully saturated rings. The maximum Gasteiger partial charge on any atom is 0.355 e. The number of methoxy groups -OCH3 is 1. The number of benzene rings is 3. The Bertz CT molecular complexity index is 1950. The predicted octanol–water partition coefficient (Wildman–Crippen LogP) is 5.53. The van der Waals surface area contributed by atoms with E-state index in [2.05, 4.69) is 14.6 Å². The summed E-state index contributed by atoms with van der Waals surface area (Å²) in [7, 11) is -2.11. The number of piperidine rings is 1. The average Bonchev–Trinajstić information content (AvgIpc) is 3.47. The fraction of sp³-hybridized carbons (Fsp3) is 0.324. The molecule has 0 aliphatic carbocycles. The minimum atomic E-state index is -3.75. The minimum Gasteiger partial charge on any atom is -0.461 e. The molecule has 0 spiro atoms. The van der Waals surface area contributed by atoms with Crippen molar-refractivity contribution in [3.05, 3.63) is 108 Å². The molecule has 0 bridgehead atoms. The lowest BCUT2D eigenvalue weighted by molar-refractivity contribution is 0.0452. The van der Waals surface area contributed by atoms with Crippen molar-refractivity contribution in [2.45, 2.75) is 38.2 Å². The van der Waals surface area contributed by atoms with Crippen molar-refractivity contribution in [1.29, 1.82) is 0 Å². The van der Waals surface area contributed by atoms with Gasteiger partial charge in [0.2, 0.25) is 0 Å². The van der Waals surface area contributed by atoms with Gasteiger partial charge in [-0.05, 0) is 71.7 Å². The van der Waals surface area contributed by atoms with Crippen LogP contribution in [0.4, 0.5) is 4.39 Å². The number of carbonyl (C=O) groups excluding carboxylic acids is 1. The van der Waals surface area contributed by atoms with E-state index in [0.717, 1.165) is 29.5 Å². The van der Waals surface area contributed by atoms with Gasteiger partial charge < -0.3 is 30.1 Å². The predicted molar refractivity (Wildman–Crippen MR) is 193 cm³/mol. The van der Waals surface area contributed by atoms with Gasteiger partial charge in [-0.2, -0.15) is 0 Å². The van der Waals surface area contributed by atoms with Crippen LogP contribution in [0.5, 0.6) is 0 Å². The zero-order chi connectivity index (χ0) is 35.8. The van der Waals surface area contributed by atoms with Gasteiger partial charge >= 0.3 is 5.97 Å². The molecular weight excluding hydrogens is 660 g/mol. The molecule has 1 aliphatic heterocycles. The van der Waals surface area contributed by atoms with Crippen molar-refractivity contribution in [2.24, 2.45) is 23.4 Å². The lowest BCUT2D eigenvalue weighted by Crippen LogP contribution is -2.38. The van der Waals surface area contributed by atoms with E-state index in [9.17, 15) is 17.6 Å². The topological polar surface area (TPSA) is 156 Å². The van der Waals surface area contributed by atoms with Crippen molar-refractivity contribution in [2.75, 3.05) is 33.4 Å². The Balaban J connectivity index is 1.15. The highest BCUT2D eigenvalue weighted by Gasteiger charge is 2.23. The Morgan fingerprint density at radius 3 is 2.54 bits per heavy atom. The van der Waals surface area contributed by atoms with E-state index in [1.807, 2.05) is 38.1 Å². The first-order valence-electron chi connectivity index (χ1n) is 16.5. The number of aromatic nitrogens is 1. The average molecular weight is 705 g/mol. The van der Waals surface area contributed by atoms with Crippen molar-refractivity contribution in [3.63, 3.8) is 0 Å². The fourth-order valence-electron chi connectivity index (χ4n) is 6.00. The monoisotopic (exact) mass is 704 g/mol. The molecule has 0 radical (unpaired) electrons. The molecule has 0 unspecified atom stereocenters. The van der Waals surface area contributed by atoms with E-state index in [1.165, 1.54) is 23.3 Å². The number of hydrogen-bond donors (Lipinski definition) is 4. The number of nitrogens with one attached hydrogen (secondary N) is 2. The molecule has 0 saturated carbocycles. The lowest BCUT2D eigenvalue weighted by atomic mass is 9.97. The molecule has 0 amide bonds. The van der Waals surface area contributed by atoms with Crippen LogP contribution in [-0.2, 0) is 26.1 Å². The third-order valence-electron chi connectivity index (χ3n) is 8.53. The van der Waals surface area contributed by atoms with Gasteiger partial charge in [-0.25, -0.2) is 23.4 Å². The molecule has 11 nitrogen and oxygen atoms in total. The van der Waals surface area contributed by atoms with Crippen molar-refractivity contribution in [1.82, 2.24) is 19.6 Å². The Kier molecular flexibility index (Phi) is 11.8. The van der Waals surface area contributed by atoms with E-state index in [1.54, 1.807) is 49.8 Å². The third kappa shape index (κ3) is 9.03. The van der Waals surface area contributed by atoms with E-state index >= 15 is 0 Å². The van der Waals surface area contributed by atoms with Crippen LogP contribution in [0.1, 0.15) is 48.3 Å². The summed E-state index contributed by atoms with van der Waals surface area (Å²) in [5.41, 5.74) is 10.6. The highest BCUT2D eigenvalue weighted by molar-refractivity contribution is 7.89. The summed E-state index contributed by atoms with van der Waals surface area (Å²) in [6, 6.07) is 18.8. The number of likely N-dealkylation sites (tertiary alicyclic amines) is 1. The number of rotatable bonds is 14.